The number of aromatic nitrogens is 5. The summed E-state index contributed by atoms with van der Waals surface area (Å²) < 4.78 is 18.4. The van der Waals surface area contributed by atoms with Gasteiger partial charge in [-0.25, -0.2) is 14.4 Å². The summed E-state index contributed by atoms with van der Waals surface area (Å²) in [5, 5.41) is 14.1. The zero-order chi connectivity index (χ0) is 20.7. The second-order valence-corrected chi connectivity index (χ2v) is 8.12. The number of imidazole rings is 1. The summed E-state index contributed by atoms with van der Waals surface area (Å²) in [4.78, 5) is 8.83. The van der Waals surface area contributed by atoms with Crippen molar-refractivity contribution in [1.29, 1.82) is 5.26 Å². The number of halogens is 2. The lowest BCUT2D eigenvalue weighted by atomic mass is 10.0. The van der Waals surface area contributed by atoms with Gasteiger partial charge in [-0.15, -0.1) is 0 Å². The third kappa shape index (κ3) is 3.44. The van der Waals surface area contributed by atoms with Crippen LogP contribution in [0.25, 0.3) is 28.0 Å². The van der Waals surface area contributed by atoms with E-state index in [2.05, 4.69) is 21.1 Å². The molecule has 1 fully saturated rings. The Morgan fingerprint density at radius 1 is 1.13 bits per heavy atom. The summed E-state index contributed by atoms with van der Waals surface area (Å²) in [5.41, 5.74) is 2.92. The Morgan fingerprint density at radius 3 is 2.77 bits per heavy atom. The first-order valence-corrected chi connectivity index (χ1v) is 10.2. The van der Waals surface area contributed by atoms with Crippen LogP contribution >= 0.6 is 11.6 Å². The number of pyridine rings is 2. The van der Waals surface area contributed by atoms with Gasteiger partial charge in [0.1, 0.15) is 28.2 Å². The molecule has 0 saturated heterocycles. The van der Waals surface area contributed by atoms with E-state index in [1.165, 1.54) is 0 Å². The van der Waals surface area contributed by atoms with Gasteiger partial charge in [0.05, 0.1) is 18.4 Å². The molecule has 30 heavy (non-hydrogen) atoms. The Balaban J connectivity index is 1.56. The second kappa shape index (κ2) is 7.22. The molecule has 1 aliphatic carbocycles. The van der Waals surface area contributed by atoms with Crippen molar-refractivity contribution in [3.8, 4) is 28.5 Å². The fraction of sp³-hybridized carbons (Fsp3) is 0.273. The summed E-state index contributed by atoms with van der Waals surface area (Å²) in [6.07, 6.45) is 10.2. The van der Waals surface area contributed by atoms with E-state index in [0.717, 1.165) is 29.5 Å². The first-order valence-electron chi connectivity index (χ1n) is 9.81. The largest absolute Gasteiger partial charge is 0.305 e. The smallest absolute Gasteiger partial charge is 0.148 e. The highest BCUT2D eigenvalue weighted by molar-refractivity contribution is 6.29. The minimum absolute atomic E-state index is 0.255. The Kier molecular flexibility index (Phi) is 4.52. The van der Waals surface area contributed by atoms with Crippen LogP contribution in [0.3, 0.4) is 0 Å². The number of hydrogen-bond donors (Lipinski definition) is 0. The summed E-state index contributed by atoms with van der Waals surface area (Å²) in [5.74, 6) is 0. The standard InChI is InChI=1S/C22H18ClFN6/c23-19-13-29-8-5-15(9-20(29)28-19)21-18(4-3-17(10-25)27-21)16-11-26-30(12-16)14-22(24)6-1-2-7-22/h3-5,8-9,11-13H,1-2,6-7,14H2. The molecule has 0 amide bonds. The first kappa shape index (κ1) is 18.8. The zero-order valence-corrected chi connectivity index (χ0v) is 16.8. The molecule has 6 nitrogen and oxygen atoms in total. The van der Waals surface area contributed by atoms with Crippen LogP contribution in [0.2, 0.25) is 5.15 Å². The number of hydrogen-bond acceptors (Lipinski definition) is 4. The third-order valence-electron chi connectivity index (χ3n) is 5.60. The Hall–Kier alpha value is -3.24. The van der Waals surface area contributed by atoms with Crippen LogP contribution in [0.5, 0.6) is 0 Å². The number of fused-ring (bicyclic) bond motifs is 1. The molecule has 8 heteroatoms. The molecule has 0 atom stereocenters. The summed E-state index contributed by atoms with van der Waals surface area (Å²) >= 11 is 6.01. The fourth-order valence-corrected chi connectivity index (χ4v) is 4.31. The quantitative estimate of drug-likeness (QED) is 0.462. The summed E-state index contributed by atoms with van der Waals surface area (Å²) in [6.45, 7) is 0.255. The van der Waals surface area contributed by atoms with Gasteiger partial charge in [-0.05, 0) is 37.1 Å². The lowest BCUT2D eigenvalue weighted by molar-refractivity contribution is 0.139. The third-order valence-corrected chi connectivity index (χ3v) is 5.79. The lowest BCUT2D eigenvalue weighted by Crippen LogP contribution is -2.25. The van der Waals surface area contributed by atoms with Crippen LogP contribution in [0.15, 0.2) is 49.1 Å². The van der Waals surface area contributed by atoms with Gasteiger partial charge in [0.25, 0.3) is 0 Å². The van der Waals surface area contributed by atoms with Crippen LogP contribution < -0.4 is 0 Å². The molecule has 0 aliphatic heterocycles. The van der Waals surface area contributed by atoms with Crippen molar-refractivity contribution in [2.75, 3.05) is 0 Å². The van der Waals surface area contributed by atoms with Crippen molar-refractivity contribution in [1.82, 2.24) is 24.1 Å². The Labute approximate surface area is 177 Å². The van der Waals surface area contributed by atoms with Crippen LogP contribution in [0.1, 0.15) is 31.4 Å². The van der Waals surface area contributed by atoms with E-state index in [4.69, 9.17) is 11.6 Å². The molecular weight excluding hydrogens is 403 g/mol. The van der Waals surface area contributed by atoms with Crippen molar-refractivity contribution in [3.05, 3.63) is 59.9 Å². The second-order valence-electron chi connectivity index (χ2n) is 7.73. The predicted octanol–water partition coefficient (Wildman–Crippen LogP) is 5.07. The van der Waals surface area contributed by atoms with Gasteiger partial charge in [0, 0.05) is 35.3 Å². The molecule has 0 aromatic carbocycles. The number of nitrogens with zero attached hydrogens (tertiary/aromatic N) is 6. The van der Waals surface area contributed by atoms with Crippen molar-refractivity contribution in [2.45, 2.75) is 37.9 Å². The molecule has 0 spiro atoms. The Bertz CT molecular complexity index is 1280. The van der Waals surface area contributed by atoms with Crippen LogP contribution in [-0.2, 0) is 6.54 Å². The molecule has 0 radical (unpaired) electrons. The fourth-order valence-electron chi connectivity index (χ4n) is 4.12. The molecule has 1 saturated carbocycles. The van der Waals surface area contributed by atoms with E-state index in [9.17, 15) is 9.65 Å². The van der Waals surface area contributed by atoms with Gasteiger partial charge < -0.3 is 4.40 Å². The average Bonchev–Trinajstić information content (AvgIpc) is 3.46. The van der Waals surface area contributed by atoms with Crippen LogP contribution in [0, 0.1) is 11.3 Å². The van der Waals surface area contributed by atoms with Gasteiger partial charge >= 0.3 is 0 Å². The van der Waals surface area contributed by atoms with Gasteiger partial charge in [0.2, 0.25) is 0 Å². The van der Waals surface area contributed by atoms with Crippen molar-refractivity contribution >= 4 is 17.2 Å². The normalized spacial score (nSPS) is 15.5. The maximum atomic E-state index is 14.9. The summed E-state index contributed by atoms with van der Waals surface area (Å²) in [7, 11) is 0. The SMILES string of the molecule is N#Cc1ccc(-c2cnn(CC3(F)CCCC3)c2)c(-c2ccn3cc(Cl)nc3c2)n1. The Morgan fingerprint density at radius 2 is 1.97 bits per heavy atom. The molecule has 1 aliphatic rings. The van der Waals surface area contributed by atoms with Crippen molar-refractivity contribution < 1.29 is 4.39 Å². The van der Waals surface area contributed by atoms with Gasteiger partial charge in [-0.3, -0.25) is 4.68 Å². The molecule has 150 valence electrons. The molecule has 4 heterocycles. The highest BCUT2D eigenvalue weighted by Crippen LogP contribution is 2.36. The van der Waals surface area contributed by atoms with Crippen molar-refractivity contribution in [2.24, 2.45) is 0 Å². The highest BCUT2D eigenvalue weighted by Gasteiger charge is 2.34. The van der Waals surface area contributed by atoms with Crippen molar-refractivity contribution in [3.63, 3.8) is 0 Å². The average molecular weight is 421 g/mol. The minimum atomic E-state index is -1.18. The highest BCUT2D eigenvalue weighted by atomic mass is 35.5. The van der Waals surface area contributed by atoms with Gasteiger partial charge in [-0.2, -0.15) is 10.4 Å². The van der Waals surface area contributed by atoms with Gasteiger partial charge in [-0.1, -0.05) is 24.4 Å². The molecule has 0 bridgehead atoms. The van der Waals surface area contributed by atoms with E-state index in [-0.39, 0.29) is 6.54 Å². The van der Waals surface area contributed by atoms with E-state index in [1.807, 2.05) is 35.0 Å². The monoisotopic (exact) mass is 420 g/mol. The van der Waals surface area contributed by atoms with Gasteiger partial charge in [0.15, 0.2) is 0 Å². The molecular formula is C22H18ClFN6. The maximum Gasteiger partial charge on any atom is 0.148 e. The van der Waals surface area contributed by atoms with E-state index in [0.29, 0.717) is 35.0 Å². The number of alkyl halides is 1. The molecule has 4 aromatic rings. The van der Waals surface area contributed by atoms with Crippen LogP contribution in [0.4, 0.5) is 4.39 Å². The maximum absolute atomic E-state index is 14.9. The molecule has 0 unspecified atom stereocenters. The first-order chi connectivity index (χ1) is 14.5. The molecule has 5 rings (SSSR count). The predicted molar refractivity (Wildman–Crippen MR) is 112 cm³/mol. The van der Waals surface area contributed by atoms with Crippen LogP contribution in [-0.4, -0.2) is 29.8 Å². The van der Waals surface area contributed by atoms with E-state index in [1.54, 1.807) is 23.1 Å². The lowest BCUT2D eigenvalue weighted by Gasteiger charge is -2.18. The van der Waals surface area contributed by atoms with E-state index < -0.39 is 5.67 Å². The van der Waals surface area contributed by atoms with E-state index >= 15 is 0 Å². The number of rotatable bonds is 4. The molecule has 0 N–H and O–H groups in total. The number of nitriles is 1. The topological polar surface area (TPSA) is 71.8 Å². The minimum Gasteiger partial charge on any atom is -0.305 e. The zero-order valence-electron chi connectivity index (χ0n) is 16.1. The molecule has 4 aromatic heterocycles. The summed E-state index contributed by atoms with van der Waals surface area (Å²) in [6, 6.07) is 9.39.